The average molecular weight is 641 g/mol. The molecule has 0 aromatic carbocycles. The Morgan fingerprint density at radius 3 is 1.28 bits per heavy atom. The van der Waals surface area contributed by atoms with Gasteiger partial charge in [0.15, 0.2) is 6.61 Å². The minimum Gasteiger partial charge on any atom is -0.466 e. The van der Waals surface area contributed by atoms with E-state index >= 15 is 0 Å². The number of carbonyl (C=O) groups is 2. The second-order valence-electron chi connectivity index (χ2n) is 11.3. The van der Waals surface area contributed by atoms with Gasteiger partial charge in [0.25, 0.3) is 0 Å². The number of halogens is 8. The van der Waals surface area contributed by atoms with E-state index in [0.717, 1.165) is 32.1 Å². The molecule has 43 heavy (non-hydrogen) atoms. The molecule has 0 radical (unpaired) electrons. The molecule has 0 fully saturated rings. The molecular formula is C31H52F8O4. The van der Waals surface area contributed by atoms with E-state index in [-0.39, 0.29) is 12.4 Å². The summed E-state index contributed by atoms with van der Waals surface area (Å²) in [7, 11) is 0. The van der Waals surface area contributed by atoms with E-state index in [2.05, 4.69) is 11.7 Å². The summed E-state index contributed by atoms with van der Waals surface area (Å²) in [5, 5.41) is 0. The van der Waals surface area contributed by atoms with E-state index in [0.29, 0.717) is 32.3 Å². The summed E-state index contributed by atoms with van der Waals surface area (Å²) in [6.07, 6.45) is 15.8. The predicted molar refractivity (Wildman–Crippen MR) is 150 cm³/mol. The molecule has 0 saturated carbocycles. The normalized spacial score (nSPS) is 12.6. The van der Waals surface area contributed by atoms with Gasteiger partial charge >= 0.3 is 36.1 Å². The number of ether oxygens (including phenoxy) is 2. The van der Waals surface area contributed by atoms with Crippen molar-refractivity contribution in [2.45, 2.75) is 172 Å². The zero-order valence-electron chi connectivity index (χ0n) is 25.7. The van der Waals surface area contributed by atoms with Crippen molar-refractivity contribution in [2.75, 3.05) is 13.2 Å². The molecule has 0 aliphatic carbocycles. The first kappa shape index (κ1) is 41.4. The molecule has 0 rings (SSSR count). The van der Waals surface area contributed by atoms with Crippen LogP contribution in [0.5, 0.6) is 0 Å². The molecule has 0 aliphatic rings. The summed E-state index contributed by atoms with van der Waals surface area (Å²) in [6.45, 7) is 0.220. The highest BCUT2D eigenvalue weighted by atomic mass is 19.4. The maximum absolute atomic E-state index is 13.4. The van der Waals surface area contributed by atoms with Crippen molar-refractivity contribution in [3.63, 3.8) is 0 Å². The van der Waals surface area contributed by atoms with Gasteiger partial charge in [-0.15, -0.1) is 0 Å². The zero-order valence-corrected chi connectivity index (χ0v) is 25.7. The Labute approximate surface area is 252 Å². The minimum atomic E-state index is -6.40. The summed E-state index contributed by atoms with van der Waals surface area (Å²) >= 11 is 0. The highest BCUT2D eigenvalue weighted by molar-refractivity contribution is 5.69. The van der Waals surface area contributed by atoms with E-state index in [1.54, 1.807) is 0 Å². The largest absolute Gasteiger partial charge is 0.466 e. The molecule has 4 nitrogen and oxygen atoms in total. The van der Waals surface area contributed by atoms with Gasteiger partial charge in [0.1, 0.15) is 0 Å². The van der Waals surface area contributed by atoms with Crippen LogP contribution < -0.4 is 0 Å². The average Bonchev–Trinajstić information content (AvgIpc) is 2.95. The molecule has 0 aromatic rings. The first-order chi connectivity index (χ1) is 20.3. The molecule has 0 N–H and O–H groups in total. The maximum Gasteiger partial charge on any atom is 0.381 e. The second-order valence-corrected chi connectivity index (χ2v) is 11.3. The van der Waals surface area contributed by atoms with Crippen LogP contribution in [-0.2, 0) is 19.1 Å². The lowest BCUT2D eigenvalue weighted by molar-refractivity contribution is -0.344. The summed E-state index contributed by atoms with van der Waals surface area (Å²) in [5.41, 5.74) is 0. The van der Waals surface area contributed by atoms with Crippen LogP contribution in [0.2, 0.25) is 0 Å². The van der Waals surface area contributed by atoms with Crippen LogP contribution >= 0.6 is 0 Å². The first-order valence-electron chi connectivity index (χ1n) is 16.0. The third-order valence-electron chi connectivity index (χ3n) is 7.34. The Kier molecular flexibility index (Phi) is 22.8. The second kappa shape index (κ2) is 23.7. The molecule has 0 spiro atoms. The zero-order chi connectivity index (χ0) is 32.6. The molecule has 0 aromatic heterocycles. The fourth-order valence-electron chi connectivity index (χ4n) is 4.52. The standard InChI is InChI=1S/C31H52F8O4/c1-2-3-4-5-6-7-8-9-10-11-12-15-18-21-24-42-26(40)22-19-16-13-14-17-20-23-27(41)43-25-29(34,35)31(38,39)30(36,37)28(32)33/h28H,2-25H2,1H3. The third-order valence-corrected chi connectivity index (χ3v) is 7.34. The van der Waals surface area contributed by atoms with E-state index in [9.17, 15) is 44.7 Å². The van der Waals surface area contributed by atoms with Gasteiger partial charge in [-0.3, -0.25) is 9.59 Å². The molecule has 12 heteroatoms. The molecule has 0 bridgehead atoms. The van der Waals surface area contributed by atoms with Gasteiger partial charge in [-0.2, -0.15) is 26.3 Å². The Morgan fingerprint density at radius 2 is 0.884 bits per heavy atom. The topological polar surface area (TPSA) is 52.6 Å². The maximum atomic E-state index is 13.4. The number of esters is 2. The number of carbonyl (C=O) groups excluding carboxylic acids is 2. The van der Waals surface area contributed by atoms with Gasteiger partial charge in [0, 0.05) is 12.8 Å². The van der Waals surface area contributed by atoms with Crippen molar-refractivity contribution in [1.29, 1.82) is 0 Å². The molecule has 256 valence electrons. The van der Waals surface area contributed by atoms with E-state index in [4.69, 9.17) is 4.74 Å². The van der Waals surface area contributed by atoms with Crippen molar-refractivity contribution >= 4 is 11.9 Å². The number of alkyl halides is 8. The van der Waals surface area contributed by atoms with E-state index < -0.39 is 43.2 Å². The van der Waals surface area contributed by atoms with Crippen LogP contribution in [0.15, 0.2) is 0 Å². The van der Waals surface area contributed by atoms with Crippen LogP contribution in [0.3, 0.4) is 0 Å². The van der Waals surface area contributed by atoms with Gasteiger partial charge in [0.05, 0.1) is 6.61 Å². The number of hydrogen-bond acceptors (Lipinski definition) is 4. The number of unbranched alkanes of at least 4 members (excludes halogenated alkanes) is 18. The van der Waals surface area contributed by atoms with Gasteiger partial charge in [0.2, 0.25) is 0 Å². The third kappa shape index (κ3) is 18.7. The minimum absolute atomic E-state index is 0.176. The van der Waals surface area contributed by atoms with Crippen molar-refractivity contribution in [2.24, 2.45) is 0 Å². The van der Waals surface area contributed by atoms with Gasteiger partial charge < -0.3 is 9.47 Å². The predicted octanol–water partition coefficient (Wildman–Crippen LogP) is 10.8. The lowest BCUT2D eigenvalue weighted by atomic mass is 10.0. The smallest absolute Gasteiger partial charge is 0.381 e. The van der Waals surface area contributed by atoms with Gasteiger partial charge in [-0.1, -0.05) is 116 Å². The molecule has 0 atom stereocenters. The van der Waals surface area contributed by atoms with Crippen LogP contribution in [0.4, 0.5) is 35.1 Å². The van der Waals surface area contributed by atoms with Crippen molar-refractivity contribution in [1.82, 2.24) is 0 Å². The SMILES string of the molecule is CCCCCCCCCCCCCCCCOC(=O)CCCCCCCCC(=O)OCC(F)(F)C(F)(F)C(F)(F)C(F)F. The van der Waals surface area contributed by atoms with Gasteiger partial charge in [-0.25, -0.2) is 8.78 Å². The fraction of sp³-hybridized carbons (Fsp3) is 0.935. The van der Waals surface area contributed by atoms with Crippen LogP contribution in [0.25, 0.3) is 0 Å². The lowest BCUT2D eigenvalue weighted by Gasteiger charge is -2.31. The van der Waals surface area contributed by atoms with E-state index in [1.165, 1.54) is 70.6 Å². The van der Waals surface area contributed by atoms with Gasteiger partial charge in [-0.05, 0) is 19.3 Å². The molecule has 0 aliphatic heterocycles. The summed E-state index contributed by atoms with van der Waals surface area (Å²) in [5.74, 6) is -19.9. The van der Waals surface area contributed by atoms with E-state index in [1.807, 2.05) is 0 Å². The molecule has 0 unspecified atom stereocenters. The Morgan fingerprint density at radius 1 is 0.535 bits per heavy atom. The van der Waals surface area contributed by atoms with Crippen LogP contribution in [0.1, 0.15) is 148 Å². The quantitative estimate of drug-likeness (QED) is 0.0464. The molecular weight excluding hydrogens is 588 g/mol. The monoisotopic (exact) mass is 640 g/mol. The number of hydrogen-bond donors (Lipinski definition) is 0. The Hall–Kier alpha value is -1.62. The van der Waals surface area contributed by atoms with Crippen molar-refractivity contribution in [3.05, 3.63) is 0 Å². The Balaban J connectivity index is 3.62. The fourth-order valence-corrected chi connectivity index (χ4v) is 4.52. The van der Waals surface area contributed by atoms with Crippen LogP contribution in [0, 0.1) is 0 Å². The lowest BCUT2D eigenvalue weighted by Crippen LogP contribution is -2.59. The first-order valence-corrected chi connectivity index (χ1v) is 16.0. The summed E-state index contributed by atoms with van der Waals surface area (Å²) in [4.78, 5) is 23.3. The highest BCUT2D eigenvalue weighted by Crippen LogP contribution is 2.48. The molecule has 0 amide bonds. The van der Waals surface area contributed by atoms with Crippen molar-refractivity contribution in [3.8, 4) is 0 Å². The summed E-state index contributed by atoms with van der Waals surface area (Å²) in [6, 6.07) is 0. The molecule has 0 heterocycles. The van der Waals surface area contributed by atoms with Crippen LogP contribution in [-0.4, -0.2) is 49.3 Å². The molecule has 0 saturated heterocycles. The number of rotatable bonds is 29. The highest BCUT2D eigenvalue weighted by Gasteiger charge is 2.75. The van der Waals surface area contributed by atoms with Crippen molar-refractivity contribution < 1.29 is 54.2 Å². The Bertz CT molecular complexity index is 720. The summed E-state index contributed by atoms with van der Waals surface area (Å²) < 4.78 is 112.